The van der Waals surface area contributed by atoms with Crippen LogP contribution in [0.4, 0.5) is 0 Å². The van der Waals surface area contributed by atoms with E-state index in [2.05, 4.69) is 10.6 Å². The molecule has 2 amide bonds. The first-order valence-electron chi connectivity index (χ1n) is 11.7. The first-order chi connectivity index (χ1) is 16.5. The zero-order valence-electron chi connectivity index (χ0n) is 19.6. The SMILES string of the molecule is CNC(=O)c1cc(C(=O)NC2[C@H]3COC[C@@H]23)cc2c1O[C@H](C)[C@@H]2c1cccc(OCCOC)c1. The largest absolute Gasteiger partial charge is 0.491 e. The number of nitrogens with one attached hydrogen (secondary N) is 2. The molecule has 2 aromatic carbocycles. The summed E-state index contributed by atoms with van der Waals surface area (Å²) >= 11 is 0. The van der Waals surface area contributed by atoms with Crippen LogP contribution in [0.1, 0.15) is 44.7 Å². The zero-order chi connectivity index (χ0) is 23.8. The fraction of sp³-hybridized carbons (Fsp3) is 0.462. The Labute approximate surface area is 198 Å². The van der Waals surface area contributed by atoms with Crippen LogP contribution >= 0.6 is 0 Å². The predicted octanol–water partition coefficient (Wildman–Crippen LogP) is 2.36. The summed E-state index contributed by atoms with van der Waals surface area (Å²) in [4.78, 5) is 25.9. The Morgan fingerprint density at radius 2 is 1.88 bits per heavy atom. The number of amides is 2. The molecule has 5 atom stereocenters. The Kier molecular flexibility index (Phi) is 6.18. The average Bonchev–Trinajstić information content (AvgIpc) is 3.15. The Hall–Kier alpha value is -3.10. The van der Waals surface area contributed by atoms with Crippen LogP contribution in [-0.4, -0.2) is 64.5 Å². The van der Waals surface area contributed by atoms with Gasteiger partial charge in [-0.15, -0.1) is 0 Å². The molecule has 0 aromatic heterocycles. The number of rotatable bonds is 8. The highest BCUT2D eigenvalue weighted by Gasteiger charge is 2.54. The van der Waals surface area contributed by atoms with Crippen molar-refractivity contribution in [3.05, 3.63) is 58.7 Å². The topological polar surface area (TPSA) is 95.1 Å². The lowest BCUT2D eigenvalue weighted by molar-refractivity contribution is 0.0928. The minimum absolute atomic E-state index is 0.143. The van der Waals surface area contributed by atoms with E-state index in [1.54, 1.807) is 20.2 Å². The molecule has 1 saturated carbocycles. The van der Waals surface area contributed by atoms with Gasteiger partial charge in [0.1, 0.15) is 24.2 Å². The van der Waals surface area contributed by atoms with Gasteiger partial charge in [0, 0.05) is 49.1 Å². The Morgan fingerprint density at radius 3 is 2.62 bits per heavy atom. The molecule has 2 heterocycles. The van der Waals surface area contributed by atoms with Gasteiger partial charge in [0.15, 0.2) is 0 Å². The molecule has 34 heavy (non-hydrogen) atoms. The summed E-state index contributed by atoms with van der Waals surface area (Å²) in [7, 11) is 3.21. The van der Waals surface area contributed by atoms with Crippen LogP contribution in [0.5, 0.6) is 11.5 Å². The van der Waals surface area contributed by atoms with Gasteiger partial charge in [-0.05, 0) is 36.8 Å². The van der Waals surface area contributed by atoms with Gasteiger partial charge in [0.05, 0.1) is 25.4 Å². The number of carbonyl (C=O) groups excluding carboxylic acids is 2. The first-order valence-corrected chi connectivity index (χ1v) is 11.7. The lowest BCUT2D eigenvalue weighted by Crippen LogP contribution is -2.30. The van der Waals surface area contributed by atoms with Crippen LogP contribution in [0.2, 0.25) is 0 Å². The number of fused-ring (bicyclic) bond motifs is 2. The summed E-state index contributed by atoms with van der Waals surface area (Å²) in [6.07, 6.45) is -0.217. The monoisotopic (exact) mass is 466 g/mol. The van der Waals surface area contributed by atoms with Gasteiger partial charge < -0.3 is 29.6 Å². The summed E-state index contributed by atoms with van der Waals surface area (Å²) in [5.41, 5.74) is 2.65. The van der Waals surface area contributed by atoms with E-state index < -0.39 is 0 Å². The fourth-order valence-corrected chi connectivity index (χ4v) is 5.13. The highest BCUT2D eigenvalue weighted by atomic mass is 16.5. The van der Waals surface area contributed by atoms with E-state index in [1.807, 2.05) is 37.3 Å². The van der Waals surface area contributed by atoms with Crippen molar-refractivity contribution in [1.82, 2.24) is 10.6 Å². The van der Waals surface area contributed by atoms with Crippen molar-refractivity contribution in [2.24, 2.45) is 11.8 Å². The fourth-order valence-electron chi connectivity index (χ4n) is 5.13. The number of benzene rings is 2. The molecule has 0 spiro atoms. The predicted molar refractivity (Wildman–Crippen MR) is 125 cm³/mol. The first kappa shape index (κ1) is 22.7. The minimum Gasteiger partial charge on any atom is -0.491 e. The molecule has 5 rings (SSSR count). The van der Waals surface area contributed by atoms with Gasteiger partial charge in [0.25, 0.3) is 11.8 Å². The molecule has 2 aromatic rings. The molecule has 0 radical (unpaired) electrons. The Morgan fingerprint density at radius 1 is 1.09 bits per heavy atom. The zero-order valence-corrected chi connectivity index (χ0v) is 19.6. The van der Waals surface area contributed by atoms with Gasteiger partial charge in [-0.2, -0.15) is 0 Å². The van der Waals surface area contributed by atoms with Crippen LogP contribution < -0.4 is 20.1 Å². The van der Waals surface area contributed by atoms with Gasteiger partial charge in [-0.1, -0.05) is 12.1 Å². The second-order valence-electron chi connectivity index (χ2n) is 9.10. The molecule has 1 aliphatic carbocycles. The van der Waals surface area contributed by atoms with Crippen LogP contribution in [0.25, 0.3) is 0 Å². The lowest BCUT2D eigenvalue weighted by atomic mass is 9.86. The van der Waals surface area contributed by atoms with Crippen LogP contribution in [-0.2, 0) is 9.47 Å². The second-order valence-corrected chi connectivity index (χ2v) is 9.10. The summed E-state index contributed by atoms with van der Waals surface area (Å²) < 4.78 is 22.5. The molecule has 0 bridgehead atoms. The quantitative estimate of drug-likeness (QED) is 0.580. The molecule has 2 fully saturated rings. The van der Waals surface area contributed by atoms with Crippen LogP contribution in [0.15, 0.2) is 36.4 Å². The number of carbonyl (C=O) groups is 2. The lowest BCUT2D eigenvalue weighted by Gasteiger charge is -2.17. The standard InChI is InChI=1S/C26H30N2O6/c1-14-22(15-5-4-6-17(9-15)33-8-7-31-3)18-10-16(11-19(24(18)34-14)26(30)27-2)25(29)28-23-20-12-32-13-21(20)23/h4-6,9-11,14,20-23H,7-8,12-13H2,1-3H3,(H,27,30)(H,28,29)/t14-,20-,21+,22-,23?/m1/s1. The van der Waals surface area contributed by atoms with Gasteiger partial charge >= 0.3 is 0 Å². The van der Waals surface area contributed by atoms with Crippen molar-refractivity contribution < 1.29 is 28.5 Å². The molecule has 1 saturated heterocycles. The number of hydrogen-bond donors (Lipinski definition) is 2. The van der Waals surface area contributed by atoms with Crippen molar-refractivity contribution in [3.8, 4) is 11.5 Å². The molecule has 180 valence electrons. The molecule has 3 aliphatic rings. The highest BCUT2D eigenvalue weighted by Crippen LogP contribution is 2.46. The van der Waals surface area contributed by atoms with Crippen molar-refractivity contribution >= 4 is 11.8 Å². The number of ether oxygens (including phenoxy) is 4. The van der Waals surface area contributed by atoms with E-state index >= 15 is 0 Å². The molecule has 2 N–H and O–H groups in total. The molecule has 8 nitrogen and oxygen atoms in total. The maximum absolute atomic E-state index is 13.2. The maximum atomic E-state index is 13.2. The van der Waals surface area contributed by atoms with Crippen LogP contribution in [0.3, 0.4) is 0 Å². The summed E-state index contributed by atoms with van der Waals surface area (Å²) in [5.74, 6) is 1.44. The molecular weight excluding hydrogens is 436 g/mol. The molecule has 1 unspecified atom stereocenters. The molecule has 8 heteroatoms. The highest BCUT2D eigenvalue weighted by molar-refractivity contribution is 6.02. The molecule has 2 aliphatic heterocycles. The third kappa shape index (κ3) is 4.12. The van der Waals surface area contributed by atoms with Gasteiger partial charge in [0.2, 0.25) is 0 Å². The van der Waals surface area contributed by atoms with E-state index in [4.69, 9.17) is 18.9 Å². The van der Waals surface area contributed by atoms with E-state index in [0.29, 0.717) is 55.1 Å². The Balaban J connectivity index is 1.47. The summed E-state index contributed by atoms with van der Waals surface area (Å²) in [5, 5.41) is 5.80. The number of hydrogen-bond acceptors (Lipinski definition) is 6. The Bertz CT molecular complexity index is 1090. The third-order valence-corrected chi connectivity index (χ3v) is 6.98. The number of methoxy groups -OCH3 is 1. The second kappa shape index (κ2) is 9.27. The van der Waals surface area contributed by atoms with E-state index in [0.717, 1.165) is 16.9 Å². The van der Waals surface area contributed by atoms with Crippen molar-refractivity contribution in [2.75, 3.05) is 40.6 Å². The average molecular weight is 467 g/mol. The third-order valence-electron chi connectivity index (χ3n) is 6.98. The van der Waals surface area contributed by atoms with E-state index in [-0.39, 0.29) is 29.9 Å². The minimum atomic E-state index is -0.285. The summed E-state index contributed by atoms with van der Waals surface area (Å²) in [6, 6.07) is 11.5. The van der Waals surface area contributed by atoms with Crippen LogP contribution in [0, 0.1) is 11.8 Å². The summed E-state index contributed by atoms with van der Waals surface area (Å²) in [6.45, 7) is 4.31. The van der Waals surface area contributed by atoms with Crippen molar-refractivity contribution in [3.63, 3.8) is 0 Å². The molecular formula is C26H30N2O6. The maximum Gasteiger partial charge on any atom is 0.254 e. The van der Waals surface area contributed by atoms with Crippen molar-refractivity contribution in [1.29, 1.82) is 0 Å². The van der Waals surface area contributed by atoms with Gasteiger partial charge in [-0.3, -0.25) is 9.59 Å². The normalized spacial score (nSPS) is 26.3. The smallest absolute Gasteiger partial charge is 0.254 e. The van der Waals surface area contributed by atoms with Crippen molar-refractivity contribution in [2.45, 2.75) is 25.0 Å². The van der Waals surface area contributed by atoms with E-state index in [1.165, 1.54) is 0 Å². The van der Waals surface area contributed by atoms with Gasteiger partial charge in [-0.25, -0.2) is 0 Å². The van der Waals surface area contributed by atoms with E-state index in [9.17, 15) is 9.59 Å².